The fourth-order valence-corrected chi connectivity index (χ4v) is 3.91. The molecule has 0 saturated heterocycles. The van der Waals surface area contributed by atoms with Crippen molar-refractivity contribution in [3.63, 3.8) is 0 Å². The molecule has 0 radical (unpaired) electrons. The predicted octanol–water partition coefficient (Wildman–Crippen LogP) is 3.28. The van der Waals surface area contributed by atoms with E-state index in [0.29, 0.717) is 11.3 Å². The molecular formula is C12H25NS. The number of hydrogen-bond donors (Lipinski definition) is 1. The molecule has 2 N–H and O–H groups in total. The minimum Gasteiger partial charge on any atom is -0.327 e. The van der Waals surface area contributed by atoms with Crippen LogP contribution in [0.2, 0.25) is 0 Å². The lowest BCUT2D eigenvalue weighted by molar-refractivity contribution is 0.279. The summed E-state index contributed by atoms with van der Waals surface area (Å²) in [6.45, 7) is 9.29. The van der Waals surface area contributed by atoms with Crippen LogP contribution in [0.1, 0.15) is 47.0 Å². The Labute approximate surface area is 93.2 Å². The fraction of sp³-hybridized carbons (Fsp3) is 1.00. The monoisotopic (exact) mass is 215 g/mol. The zero-order chi connectivity index (χ0) is 10.7. The summed E-state index contributed by atoms with van der Waals surface area (Å²) in [4.78, 5) is 0. The molecule has 0 spiro atoms. The quantitative estimate of drug-likeness (QED) is 0.782. The van der Waals surface area contributed by atoms with Crippen molar-refractivity contribution in [1.29, 1.82) is 0 Å². The van der Waals surface area contributed by atoms with Crippen molar-refractivity contribution in [2.45, 2.75) is 63.5 Å². The van der Waals surface area contributed by atoms with Crippen LogP contribution in [0.15, 0.2) is 0 Å². The number of rotatable bonds is 3. The second-order valence-electron chi connectivity index (χ2n) is 5.04. The van der Waals surface area contributed by atoms with Gasteiger partial charge in [-0.2, -0.15) is 11.8 Å². The Morgan fingerprint density at radius 2 is 2.00 bits per heavy atom. The standard InChI is InChI=1S/C12H25NS/c1-5-10(4)14-12-9(3)6-8(2)7-11(12)13/h8-12H,5-7,13H2,1-4H3. The smallest absolute Gasteiger partial charge is 0.0227 e. The molecule has 0 aromatic rings. The van der Waals surface area contributed by atoms with Crippen LogP contribution in [0.4, 0.5) is 0 Å². The number of nitrogens with two attached hydrogens (primary N) is 1. The van der Waals surface area contributed by atoms with Crippen LogP contribution < -0.4 is 5.73 Å². The molecule has 1 fully saturated rings. The van der Waals surface area contributed by atoms with E-state index in [1.807, 2.05) is 0 Å². The van der Waals surface area contributed by atoms with Gasteiger partial charge in [-0.1, -0.05) is 27.7 Å². The molecule has 0 aliphatic heterocycles. The van der Waals surface area contributed by atoms with Gasteiger partial charge in [-0.05, 0) is 31.1 Å². The largest absolute Gasteiger partial charge is 0.327 e. The summed E-state index contributed by atoms with van der Waals surface area (Å²) in [5.74, 6) is 1.63. The fourth-order valence-electron chi connectivity index (χ4n) is 2.49. The normalized spacial score (nSPS) is 40.9. The highest BCUT2D eigenvalue weighted by atomic mass is 32.2. The molecule has 5 atom stereocenters. The van der Waals surface area contributed by atoms with Crippen molar-refractivity contribution in [2.75, 3.05) is 0 Å². The van der Waals surface area contributed by atoms with Crippen molar-refractivity contribution in [3.05, 3.63) is 0 Å². The highest BCUT2D eigenvalue weighted by Gasteiger charge is 2.32. The van der Waals surface area contributed by atoms with Gasteiger partial charge in [0.1, 0.15) is 0 Å². The third kappa shape index (κ3) is 3.16. The topological polar surface area (TPSA) is 26.0 Å². The highest BCUT2D eigenvalue weighted by molar-refractivity contribution is 8.00. The summed E-state index contributed by atoms with van der Waals surface area (Å²) in [7, 11) is 0. The van der Waals surface area contributed by atoms with Crippen LogP contribution in [0, 0.1) is 11.8 Å². The maximum atomic E-state index is 6.24. The second-order valence-corrected chi connectivity index (χ2v) is 6.66. The van der Waals surface area contributed by atoms with Crippen molar-refractivity contribution in [3.8, 4) is 0 Å². The molecule has 84 valence electrons. The Kier molecular flexibility index (Phi) is 4.78. The van der Waals surface area contributed by atoms with E-state index < -0.39 is 0 Å². The van der Waals surface area contributed by atoms with Gasteiger partial charge < -0.3 is 5.73 Å². The highest BCUT2D eigenvalue weighted by Crippen LogP contribution is 2.37. The minimum atomic E-state index is 0.424. The molecular weight excluding hydrogens is 190 g/mol. The Hall–Kier alpha value is 0.310. The minimum absolute atomic E-state index is 0.424. The van der Waals surface area contributed by atoms with Crippen LogP contribution in [-0.2, 0) is 0 Å². The van der Waals surface area contributed by atoms with Crippen LogP contribution in [0.3, 0.4) is 0 Å². The average molecular weight is 215 g/mol. The van der Waals surface area contributed by atoms with E-state index in [1.54, 1.807) is 0 Å². The van der Waals surface area contributed by atoms with Gasteiger partial charge in [0.2, 0.25) is 0 Å². The molecule has 1 rings (SSSR count). The molecule has 0 heterocycles. The zero-order valence-corrected chi connectivity index (χ0v) is 10.8. The molecule has 0 amide bonds. The van der Waals surface area contributed by atoms with E-state index in [-0.39, 0.29) is 0 Å². The molecule has 0 aromatic carbocycles. The van der Waals surface area contributed by atoms with E-state index in [1.165, 1.54) is 19.3 Å². The maximum Gasteiger partial charge on any atom is 0.0227 e. The van der Waals surface area contributed by atoms with Crippen molar-refractivity contribution >= 4 is 11.8 Å². The van der Waals surface area contributed by atoms with Gasteiger partial charge in [0.25, 0.3) is 0 Å². The Bertz CT molecular complexity index is 160. The Balaban J connectivity index is 2.49. The van der Waals surface area contributed by atoms with E-state index in [2.05, 4.69) is 39.5 Å². The van der Waals surface area contributed by atoms with Gasteiger partial charge in [-0.15, -0.1) is 0 Å². The van der Waals surface area contributed by atoms with Gasteiger partial charge in [0.05, 0.1) is 0 Å². The van der Waals surface area contributed by atoms with Crippen molar-refractivity contribution in [2.24, 2.45) is 17.6 Å². The summed E-state index contributed by atoms with van der Waals surface area (Å²) < 4.78 is 0. The number of hydrogen-bond acceptors (Lipinski definition) is 2. The lowest BCUT2D eigenvalue weighted by Gasteiger charge is -2.38. The molecule has 1 nitrogen and oxygen atoms in total. The maximum absolute atomic E-state index is 6.24. The lowest BCUT2D eigenvalue weighted by Crippen LogP contribution is -2.43. The first kappa shape index (κ1) is 12.4. The SMILES string of the molecule is CCC(C)SC1C(C)CC(C)CC1N. The summed E-state index contributed by atoms with van der Waals surface area (Å²) >= 11 is 2.11. The first-order valence-corrected chi connectivity index (χ1v) is 6.89. The molecule has 14 heavy (non-hydrogen) atoms. The van der Waals surface area contributed by atoms with Gasteiger partial charge in [-0.3, -0.25) is 0 Å². The Morgan fingerprint density at radius 1 is 1.36 bits per heavy atom. The van der Waals surface area contributed by atoms with Crippen molar-refractivity contribution < 1.29 is 0 Å². The average Bonchev–Trinajstić information content (AvgIpc) is 2.10. The molecule has 0 bridgehead atoms. The molecule has 1 saturated carbocycles. The van der Waals surface area contributed by atoms with Gasteiger partial charge in [-0.25, -0.2) is 0 Å². The zero-order valence-electron chi connectivity index (χ0n) is 9.99. The molecule has 5 unspecified atom stereocenters. The molecule has 0 aromatic heterocycles. The van der Waals surface area contributed by atoms with Gasteiger partial charge in [0.15, 0.2) is 0 Å². The van der Waals surface area contributed by atoms with E-state index in [0.717, 1.165) is 17.1 Å². The van der Waals surface area contributed by atoms with E-state index in [4.69, 9.17) is 5.73 Å². The number of thioether (sulfide) groups is 1. The predicted molar refractivity (Wildman–Crippen MR) is 66.7 cm³/mol. The van der Waals surface area contributed by atoms with Crippen molar-refractivity contribution in [1.82, 2.24) is 0 Å². The molecule has 1 aliphatic carbocycles. The second kappa shape index (κ2) is 5.41. The lowest BCUT2D eigenvalue weighted by atomic mass is 9.80. The summed E-state index contributed by atoms with van der Waals surface area (Å²) in [5.41, 5.74) is 6.24. The van der Waals surface area contributed by atoms with Gasteiger partial charge >= 0.3 is 0 Å². The van der Waals surface area contributed by atoms with E-state index in [9.17, 15) is 0 Å². The molecule has 2 heteroatoms. The Morgan fingerprint density at radius 3 is 2.50 bits per heavy atom. The molecule has 1 aliphatic rings. The van der Waals surface area contributed by atoms with Crippen LogP contribution in [0.5, 0.6) is 0 Å². The third-order valence-corrected chi connectivity index (χ3v) is 5.32. The summed E-state index contributed by atoms with van der Waals surface area (Å²) in [6.07, 6.45) is 3.84. The van der Waals surface area contributed by atoms with Crippen LogP contribution in [-0.4, -0.2) is 16.5 Å². The summed E-state index contributed by atoms with van der Waals surface area (Å²) in [5, 5.41) is 1.46. The first-order chi connectivity index (χ1) is 6.54. The first-order valence-electron chi connectivity index (χ1n) is 5.95. The van der Waals surface area contributed by atoms with E-state index >= 15 is 0 Å². The van der Waals surface area contributed by atoms with Gasteiger partial charge in [0, 0.05) is 16.5 Å². The third-order valence-electron chi connectivity index (χ3n) is 3.40. The van der Waals surface area contributed by atoms with Crippen LogP contribution in [0.25, 0.3) is 0 Å². The summed E-state index contributed by atoms with van der Waals surface area (Å²) in [6, 6.07) is 0.424. The van der Waals surface area contributed by atoms with Crippen LogP contribution >= 0.6 is 11.8 Å².